The fourth-order valence-corrected chi connectivity index (χ4v) is 1.94. The Morgan fingerprint density at radius 3 is 1.92 bits per heavy atom. The van der Waals surface area contributed by atoms with Crippen LogP contribution in [0.1, 0.15) is 53.4 Å². The van der Waals surface area contributed by atoms with Gasteiger partial charge in [0.1, 0.15) is 6.10 Å². The topological polar surface area (TPSA) is 105 Å². The van der Waals surface area contributed by atoms with E-state index < -0.39 is 24.0 Å². The van der Waals surface area contributed by atoms with Gasteiger partial charge in [-0.1, -0.05) is 0 Å². The van der Waals surface area contributed by atoms with E-state index in [9.17, 15) is 19.2 Å². The maximum atomic E-state index is 11.3. The summed E-state index contributed by atoms with van der Waals surface area (Å²) in [5.74, 6) is -1.78. The third-order valence-electron chi connectivity index (χ3n) is 2.96. The molecule has 8 nitrogen and oxygen atoms in total. The Hall–Kier alpha value is -2.38. The van der Waals surface area contributed by atoms with Crippen LogP contribution in [0.25, 0.3) is 0 Å². The minimum absolute atomic E-state index is 0.0770. The van der Waals surface area contributed by atoms with Gasteiger partial charge >= 0.3 is 23.9 Å². The Balaban J connectivity index is 4.82. The van der Waals surface area contributed by atoms with Crippen molar-refractivity contribution in [2.75, 3.05) is 13.2 Å². The molecule has 0 amide bonds. The van der Waals surface area contributed by atoms with Crippen molar-refractivity contribution in [2.24, 2.45) is 0 Å². The lowest BCUT2D eigenvalue weighted by atomic mass is 10.0. The van der Waals surface area contributed by atoms with Crippen LogP contribution in [0, 0.1) is 0 Å². The Morgan fingerprint density at radius 2 is 1.40 bits per heavy atom. The predicted molar refractivity (Wildman–Crippen MR) is 87.1 cm³/mol. The van der Waals surface area contributed by atoms with Crippen molar-refractivity contribution in [3.63, 3.8) is 0 Å². The minimum atomic E-state index is -0.621. The lowest BCUT2D eigenvalue weighted by molar-refractivity contribution is -0.146. The normalized spacial score (nSPS) is 12.1. The second kappa shape index (κ2) is 13.0. The lowest BCUT2D eigenvalue weighted by Crippen LogP contribution is -2.21. The summed E-state index contributed by atoms with van der Waals surface area (Å²) >= 11 is 0. The van der Waals surface area contributed by atoms with Crippen molar-refractivity contribution < 1.29 is 38.1 Å². The van der Waals surface area contributed by atoms with Crippen LogP contribution in [-0.2, 0) is 38.1 Å². The minimum Gasteiger partial charge on any atom is -0.466 e. The second-order valence-corrected chi connectivity index (χ2v) is 5.33. The van der Waals surface area contributed by atoms with Crippen LogP contribution in [0.3, 0.4) is 0 Å². The number of ether oxygens (including phenoxy) is 4. The molecular formula is C17H26O8. The molecule has 0 heterocycles. The predicted octanol–water partition coefficient (Wildman–Crippen LogP) is 2.05. The monoisotopic (exact) mass is 358 g/mol. The van der Waals surface area contributed by atoms with Crippen LogP contribution in [-0.4, -0.2) is 43.2 Å². The first-order chi connectivity index (χ1) is 11.7. The smallest absolute Gasteiger partial charge is 0.307 e. The highest BCUT2D eigenvalue weighted by Crippen LogP contribution is 2.19. The van der Waals surface area contributed by atoms with Crippen molar-refractivity contribution in [3.05, 3.63) is 11.8 Å². The van der Waals surface area contributed by atoms with Gasteiger partial charge in [-0.25, -0.2) is 0 Å². The second-order valence-electron chi connectivity index (χ2n) is 5.33. The largest absolute Gasteiger partial charge is 0.466 e. The average Bonchev–Trinajstić information content (AvgIpc) is 2.48. The molecular weight excluding hydrogens is 332 g/mol. The van der Waals surface area contributed by atoms with E-state index in [1.807, 2.05) is 0 Å². The summed E-state index contributed by atoms with van der Waals surface area (Å²) < 4.78 is 19.9. The quantitative estimate of drug-likeness (QED) is 0.239. The number of hydrogen-bond donors (Lipinski definition) is 0. The van der Waals surface area contributed by atoms with Crippen LogP contribution in [0.5, 0.6) is 0 Å². The van der Waals surface area contributed by atoms with Crippen molar-refractivity contribution in [2.45, 2.75) is 59.5 Å². The Labute approximate surface area is 147 Å². The molecule has 0 fully saturated rings. The van der Waals surface area contributed by atoms with Crippen molar-refractivity contribution in [1.29, 1.82) is 0 Å². The van der Waals surface area contributed by atoms with Crippen molar-refractivity contribution in [3.8, 4) is 0 Å². The summed E-state index contributed by atoms with van der Waals surface area (Å²) in [6, 6.07) is 0. The van der Waals surface area contributed by atoms with Crippen LogP contribution in [0.2, 0.25) is 0 Å². The number of rotatable bonds is 11. The van der Waals surface area contributed by atoms with Gasteiger partial charge in [-0.2, -0.15) is 0 Å². The van der Waals surface area contributed by atoms with Crippen LogP contribution in [0.4, 0.5) is 0 Å². The highest BCUT2D eigenvalue weighted by molar-refractivity contribution is 5.67. The highest BCUT2D eigenvalue weighted by Gasteiger charge is 2.19. The van der Waals surface area contributed by atoms with E-state index in [2.05, 4.69) is 0 Å². The summed E-state index contributed by atoms with van der Waals surface area (Å²) in [7, 11) is 0. The van der Waals surface area contributed by atoms with Crippen LogP contribution < -0.4 is 0 Å². The lowest BCUT2D eigenvalue weighted by Gasteiger charge is -2.20. The molecule has 0 saturated heterocycles. The SMILES string of the molecule is CC(=O)O/C=C(/CCOC(C)=O)C(CCCCOC(C)=O)OC(C)=O. The first kappa shape index (κ1) is 22.6. The highest BCUT2D eigenvalue weighted by atomic mass is 16.6. The molecule has 1 unspecified atom stereocenters. The van der Waals surface area contributed by atoms with Gasteiger partial charge < -0.3 is 18.9 Å². The molecule has 1 atom stereocenters. The molecule has 8 heteroatoms. The maximum Gasteiger partial charge on any atom is 0.307 e. The molecule has 0 N–H and O–H groups in total. The summed E-state index contributed by atoms with van der Waals surface area (Å²) in [5, 5.41) is 0. The average molecular weight is 358 g/mol. The zero-order valence-electron chi connectivity index (χ0n) is 15.2. The Bertz CT molecular complexity index is 495. The summed E-state index contributed by atoms with van der Waals surface area (Å²) in [6.45, 7) is 5.50. The van der Waals surface area contributed by atoms with E-state index in [-0.39, 0.29) is 25.6 Å². The molecule has 0 aliphatic carbocycles. The molecule has 0 rings (SSSR count). The van der Waals surface area contributed by atoms with Gasteiger partial charge in [-0.15, -0.1) is 0 Å². The Morgan fingerprint density at radius 1 is 0.800 bits per heavy atom. The van der Waals surface area contributed by atoms with E-state index in [1.165, 1.54) is 34.0 Å². The zero-order valence-corrected chi connectivity index (χ0v) is 15.2. The molecule has 0 radical (unpaired) electrons. The van der Waals surface area contributed by atoms with E-state index in [4.69, 9.17) is 18.9 Å². The first-order valence-corrected chi connectivity index (χ1v) is 8.02. The number of carbonyl (C=O) groups is 4. The van der Waals surface area contributed by atoms with Crippen LogP contribution in [0.15, 0.2) is 11.8 Å². The summed E-state index contributed by atoms with van der Waals surface area (Å²) in [6.07, 6.45) is 2.54. The zero-order chi connectivity index (χ0) is 19.2. The molecule has 0 bridgehead atoms. The molecule has 0 saturated carbocycles. The van der Waals surface area contributed by atoms with Gasteiger partial charge in [0.2, 0.25) is 0 Å². The van der Waals surface area contributed by atoms with Gasteiger partial charge in [0.25, 0.3) is 0 Å². The molecule has 0 aromatic heterocycles. The fraction of sp³-hybridized carbons (Fsp3) is 0.647. The van der Waals surface area contributed by atoms with Crippen molar-refractivity contribution in [1.82, 2.24) is 0 Å². The van der Waals surface area contributed by atoms with E-state index in [0.29, 0.717) is 24.8 Å². The number of esters is 4. The number of unbranched alkanes of at least 4 members (excludes halogenated alkanes) is 1. The van der Waals surface area contributed by atoms with Gasteiger partial charge in [0.15, 0.2) is 0 Å². The first-order valence-electron chi connectivity index (χ1n) is 8.02. The van der Waals surface area contributed by atoms with Gasteiger partial charge in [-0.05, 0) is 19.3 Å². The third kappa shape index (κ3) is 13.7. The van der Waals surface area contributed by atoms with E-state index >= 15 is 0 Å². The molecule has 25 heavy (non-hydrogen) atoms. The van der Waals surface area contributed by atoms with Crippen LogP contribution >= 0.6 is 0 Å². The third-order valence-corrected chi connectivity index (χ3v) is 2.96. The summed E-state index contributed by atoms with van der Waals surface area (Å²) in [5.41, 5.74) is 0.527. The number of carbonyl (C=O) groups excluding carboxylic acids is 4. The van der Waals surface area contributed by atoms with E-state index in [1.54, 1.807) is 0 Å². The van der Waals surface area contributed by atoms with Gasteiger partial charge in [-0.3, -0.25) is 19.2 Å². The molecule has 0 spiro atoms. The molecule has 0 aliphatic rings. The summed E-state index contributed by atoms with van der Waals surface area (Å²) in [4.78, 5) is 44.0. The standard InChI is InChI=1S/C17H26O8/c1-12(18)22-9-6-5-7-17(25-15(4)21)16(11-24-14(3)20)8-10-23-13(2)19/h11,17H,5-10H2,1-4H3/b16-11-. The Kier molecular flexibility index (Phi) is 11.7. The number of hydrogen-bond acceptors (Lipinski definition) is 8. The molecule has 0 aromatic rings. The van der Waals surface area contributed by atoms with Gasteiger partial charge in [0.05, 0.1) is 19.5 Å². The molecule has 142 valence electrons. The molecule has 0 aromatic carbocycles. The van der Waals surface area contributed by atoms with Crippen molar-refractivity contribution >= 4 is 23.9 Å². The van der Waals surface area contributed by atoms with Gasteiger partial charge in [0, 0.05) is 39.7 Å². The maximum absolute atomic E-state index is 11.3. The van der Waals surface area contributed by atoms with E-state index in [0.717, 1.165) is 0 Å². The molecule has 0 aliphatic heterocycles. The fourth-order valence-electron chi connectivity index (χ4n) is 1.94.